The third-order valence-electron chi connectivity index (χ3n) is 4.25. The van der Waals surface area contributed by atoms with Crippen LogP contribution in [0.25, 0.3) is 10.9 Å². The van der Waals surface area contributed by atoms with Gasteiger partial charge in [0.15, 0.2) is 11.5 Å². The Morgan fingerprint density at radius 1 is 1.00 bits per heavy atom. The molecule has 0 fully saturated rings. The fourth-order valence-corrected chi connectivity index (χ4v) is 2.62. The molecule has 0 saturated heterocycles. The van der Waals surface area contributed by atoms with E-state index < -0.39 is 29.9 Å². The zero-order valence-corrected chi connectivity index (χ0v) is 15.8. The summed E-state index contributed by atoms with van der Waals surface area (Å²) in [6.45, 7) is 2.83. The number of benzene rings is 1. The summed E-state index contributed by atoms with van der Waals surface area (Å²) in [6.07, 6.45) is 0. The number of carbonyl (C=O) groups excluding carboxylic acids is 2. The molecule has 0 bridgehead atoms. The average molecular weight is 377 g/mol. The molecule has 0 aliphatic heterocycles. The number of aryl methyl sites for hydroxylation is 1. The number of hydrogen-bond acceptors (Lipinski definition) is 5. The van der Waals surface area contributed by atoms with Crippen molar-refractivity contribution in [1.82, 2.24) is 15.2 Å². The van der Waals surface area contributed by atoms with Gasteiger partial charge in [-0.05, 0) is 26.0 Å². The molecule has 0 saturated carbocycles. The Morgan fingerprint density at radius 3 is 2.15 bits per heavy atom. The van der Waals surface area contributed by atoms with E-state index in [1.165, 1.54) is 28.1 Å². The number of fused-ring (bicyclic) bond motifs is 1. The third-order valence-corrected chi connectivity index (χ3v) is 4.25. The number of nitrogens with one attached hydrogen (secondary N) is 2. The van der Waals surface area contributed by atoms with Crippen LogP contribution in [0.3, 0.4) is 0 Å². The summed E-state index contributed by atoms with van der Waals surface area (Å²) < 4.78 is 12.2. The maximum absolute atomic E-state index is 12.6. The first-order valence-electron chi connectivity index (χ1n) is 8.25. The molecule has 1 heterocycles. The molecule has 2 amide bonds. The van der Waals surface area contributed by atoms with Crippen LogP contribution in [-0.2, 0) is 16.6 Å². The second-order valence-electron chi connectivity index (χ2n) is 6.12. The Balaban J connectivity index is 2.23. The van der Waals surface area contributed by atoms with Gasteiger partial charge in [-0.15, -0.1) is 0 Å². The van der Waals surface area contributed by atoms with Crippen molar-refractivity contribution in [3.05, 3.63) is 23.9 Å². The molecule has 1 aromatic carbocycles. The highest BCUT2D eigenvalue weighted by Crippen LogP contribution is 2.33. The molecule has 0 aliphatic rings. The lowest BCUT2D eigenvalue weighted by Gasteiger charge is -2.16. The van der Waals surface area contributed by atoms with Gasteiger partial charge in [-0.1, -0.05) is 0 Å². The Bertz CT molecular complexity index is 889. The van der Waals surface area contributed by atoms with Gasteiger partial charge in [0, 0.05) is 18.5 Å². The topological polar surface area (TPSA) is 119 Å². The van der Waals surface area contributed by atoms with Crippen LogP contribution in [0.15, 0.2) is 18.2 Å². The highest BCUT2D eigenvalue weighted by molar-refractivity contribution is 6.01. The highest BCUT2D eigenvalue weighted by atomic mass is 16.5. The number of methoxy groups -OCH3 is 2. The lowest BCUT2D eigenvalue weighted by atomic mass is 10.2. The number of carboxylic acids is 1. The standard InChI is InChI=1S/C18H23N3O6/c1-9(16(22)20-10(2)18(24)25)19-17(23)13-6-11-7-14(26-4)15(27-5)8-12(11)21(13)3/h6-10H,1-5H3,(H,19,23)(H,20,22)(H,24,25). The number of amides is 2. The van der Waals surface area contributed by atoms with Gasteiger partial charge in [0.1, 0.15) is 17.8 Å². The maximum Gasteiger partial charge on any atom is 0.325 e. The first-order valence-corrected chi connectivity index (χ1v) is 8.25. The van der Waals surface area contributed by atoms with Gasteiger partial charge in [-0.3, -0.25) is 14.4 Å². The van der Waals surface area contributed by atoms with Crippen molar-refractivity contribution in [2.45, 2.75) is 25.9 Å². The summed E-state index contributed by atoms with van der Waals surface area (Å²) in [5, 5.41) is 14.5. The van der Waals surface area contributed by atoms with Gasteiger partial charge in [0.2, 0.25) is 5.91 Å². The van der Waals surface area contributed by atoms with Crippen molar-refractivity contribution in [2.75, 3.05) is 14.2 Å². The molecule has 9 nitrogen and oxygen atoms in total. The Kier molecular flexibility index (Phi) is 5.94. The van der Waals surface area contributed by atoms with Crippen LogP contribution in [0.2, 0.25) is 0 Å². The molecule has 2 rings (SSSR count). The molecule has 3 N–H and O–H groups in total. The Labute approximate surface area is 156 Å². The minimum atomic E-state index is -1.15. The van der Waals surface area contributed by atoms with Crippen LogP contribution >= 0.6 is 0 Å². The van der Waals surface area contributed by atoms with Crippen LogP contribution in [0.5, 0.6) is 11.5 Å². The normalized spacial score (nSPS) is 12.9. The predicted octanol–water partition coefficient (Wildman–Crippen LogP) is 0.903. The van der Waals surface area contributed by atoms with E-state index in [0.29, 0.717) is 17.2 Å². The Morgan fingerprint density at radius 2 is 1.59 bits per heavy atom. The molecule has 2 aromatic rings. The third kappa shape index (κ3) is 4.13. The van der Waals surface area contributed by atoms with Gasteiger partial charge in [0.25, 0.3) is 5.91 Å². The lowest BCUT2D eigenvalue weighted by molar-refractivity contribution is -0.141. The van der Waals surface area contributed by atoms with E-state index in [4.69, 9.17) is 14.6 Å². The van der Waals surface area contributed by atoms with Crippen molar-refractivity contribution < 1.29 is 29.0 Å². The summed E-state index contributed by atoms with van der Waals surface area (Å²) in [5.41, 5.74) is 1.10. The molecule has 9 heteroatoms. The zero-order chi connectivity index (χ0) is 20.3. The summed E-state index contributed by atoms with van der Waals surface area (Å²) in [4.78, 5) is 35.4. The van der Waals surface area contributed by atoms with E-state index >= 15 is 0 Å². The molecule has 1 aromatic heterocycles. The van der Waals surface area contributed by atoms with E-state index in [0.717, 1.165) is 10.9 Å². The van der Waals surface area contributed by atoms with Crippen LogP contribution in [0.4, 0.5) is 0 Å². The summed E-state index contributed by atoms with van der Waals surface area (Å²) in [7, 11) is 4.78. The minimum absolute atomic E-state index is 0.339. The highest BCUT2D eigenvalue weighted by Gasteiger charge is 2.23. The van der Waals surface area contributed by atoms with E-state index in [2.05, 4.69) is 10.6 Å². The number of hydrogen-bond donors (Lipinski definition) is 3. The zero-order valence-electron chi connectivity index (χ0n) is 15.8. The van der Waals surface area contributed by atoms with Crippen molar-refractivity contribution in [1.29, 1.82) is 0 Å². The van der Waals surface area contributed by atoms with Gasteiger partial charge in [0.05, 0.1) is 19.7 Å². The van der Waals surface area contributed by atoms with Gasteiger partial charge in [-0.25, -0.2) is 0 Å². The first-order chi connectivity index (χ1) is 12.7. The number of aliphatic carboxylic acids is 1. The fraction of sp³-hybridized carbons (Fsp3) is 0.389. The molecule has 2 unspecified atom stereocenters. The van der Waals surface area contributed by atoms with E-state index in [9.17, 15) is 14.4 Å². The molecule has 0 aliphatic carbocycles. The summed E-state index contributed by atoms with van der Waals surface area (Å²) in [6, 6.07) is 3.25. The van der Waals surface area contributed by atoms with Gasteiger partial charge < -0.3 is 29.8 Å². The number of ether oxygens (including phenoxy) is 2. The van der Waals surface area contributed by atoms with Gasteiger partial charge in [-0.2, -0.15) is 0 Å². The van der Waals surface area contributed by atoms with E-state index in [1.54, 1.807) is 29.8 Å². The lowest BCUT2D eigenvalue weighted by Crippen LogP contribution is -2.49. The number of rotatable bonds is 7. The number of carbonyl (C=O) groups is 3. The summed E-state index contributed by atoms with van der Waals surface area (Å²) in [5.74, 6) is -1.12. The second kappa shape index (κ2) is 7.98. The molecular formula is C18H23N3O6. The van der Waals surface area contributed by atoms with E-state index in [-0.39, 0.29) is 0 Å². The maximum atomic E-state index is 12.6. The quantitative estimate of drug-likeness (QED) is 0.660. The average Bonchev–Trinajstić information content (AvgIpc) is 2.96. The smallest absolute Gasteiger partial charge is 0.325 e. The van der Waals surface area contributed by atoms with Gasteiger partial charge >= 0.3 is 5.97 Å². The van der Waals surface area contributed by atoms with Crippen LogP contribution < -0.4 is 20.1 Å². The molecule has 2 atom stereocenters. The molecular weight excluding hydrogens is 354 g/mol. The SMILES string of the molecule is COc1cc2cc(C(=O)NC(C)C(=O)NC(C)C(=O)O)n(C)c2cc1OC. The number of nitrogens with zero attached hydrogens (tertiary/aromatic N) is 1. The van der Waals surface area contributed by atoms with Crippen molar-refractivity contribution in [3.63, 3.8) is 0 Å². The first kappa shape index (κ1) is 20.1. The van der Waals surface area contributed by atoms with Crippen LogP contribution in [0.1, 0.15) is 24.3 Å². The molecule has 0 radical (unpaired) electrons. The largest absolute Gasteiger partial charge is 0.493 e. The molecule has 0 spiro atoms. The van der Waals surface area contributed by atoms with E-state index in [1.807, 2.05) is 0 Å². The molecule has 146 valence electrons. The van der Waals surface area contributed by atoms with Crippen LogP contribution in [-0.4, -0.2) is 53.8 Å². The minimum Gasteiger partial charge on any atom is -0.493 e. The van der Waals surface area contributed by atoms with Crippen molar-refractivity contribution in [2.24, 2.45) is 7.05 Å². The van der Waals surface area contributed by atoms with Crippen LogP contribution in [0, 0.1) is 0 Å². The number of carboxylic acid groups (broad SMARTS) is 1. The van der Waals surface area contributed by atoms with Crippen molar-refractivity contribution >= 4 is 28.7 Å². The Hall–Kier alpha value is -3.23. The van der Waals surface area contributed by atoms with Crippen molar-refractivity contribution in [3.8, 4) is 11.5 Å². The predicted molar refractivity (Wildman–Crippen MR) is 98.2 cm³/mol. The second-order valence-corrected chi connectivity index (χ2v) is 6.12. The monoisotopic (exact) mass is 377 g/mol. The fourth-order valence-electron chi connectivity index (χ4n) is 2.62. The summed E-state index contributed by atoms with van der Waals surface area (Å²) >= 11 is 0. The number of aromatic nitrogens is 1. The molecule has 27 heavy (non-hydrogen) atoms.